The number of carbonyl (C=O) groups excluding carboxylic acids is 3. The molecule has 2 aromatic carbocycles. The predicted molar refractivity (Wildman–Crippen MR) is 143 cm³/mol. The van der Waals surface area contributed by atoms with Crippen molar-refractivity contribution in [3.05, 3.63) is 45.6 Å². The molecule has 0 saturated carbocycles. The highest BCUT2D eigenvalue weighted by Crippen LogP contribution is 2.51. The number of hydrogen-bond donors (Lipinski definition) is 2. The van der Waals surface area contributed by atoms with Crippen LogP contribution in [0.5, 0.6) is 23.0 Å². The van der Waals surface area contributed by atoms with Crippen LogP contribution in [0.4, 0.5) is 0 Å². The van der Waals surface area contributed by atoms with Crippen LogP contribution in [0.25, 0.3) is 11.1 Å². The van der Waals surface area contributed by atoms with Crippen LogP contribution in [0.3, 0.4) is 0 Å². The summed E-state index contributed by atoms with van der Waals surface area (Å²) in [5.74, 6) is -2.55. The molecule has 3 amide bonds. The lowest BCUT2D eigenvalue weighted by atomic mass is 9.95. The van der Waals surface area contributed by atoms with Crippen LogP contribution in [0, 0.1) is 0 Å². The molecule has 1 aliphatic rings. The molecule has 0 spiro atoms. The first-order valence-corrected chi connectivity index (χ1v) is 12.4. The Morgan fingerprint density at radius 2 is 1.62 bits per heavy atom. The zero-order chi connectivity index (χ0) is 29.7. The maximum Gasteiger partial charge on any atom is 0.305 e. The highest BCUT2D eigenvalue weighted by Gasteiger charge is 2.38. The molecular formula is C28H32N2O10. The number of rotatable bonds is 9. The average molecular weight is 557 g/mol. The van der Waals surface area contributed by atoms with Crippen molar-refractivity contribution in [1.29, 1.82) is 0 Å². The van der Waals surface area contributed by atoms with E-state index in [0.717, 1.165) is 24.3 Å². The summed E-state index contributed by atoms with van der Waals surface area (Å²) >= 11 is 0. The van der Waals surface area contributed by atoms with E-state index in [1.807, 2.05) is 0 Å². The highest BCUT2D eigenvalue weighted by molar-refractivity contribution is 6.00. The minimum atomic E-state index is -1.51. The van der Waals surface area contributed by atoms with E-state index in [2.05, 4.69) is 5.32 Å². The summed E-state index contributed by atoms with van der Waals surface area (Å²) in [4.78, 5) is 64.1. The molecule has 40 heavy (non-hydrogen) atoms. The number of imide groups is 1. The fraction of sp³-hybridized carbons (Fsp3) is 0.393. The molecule has 214 valence electrons. The number of benzene rings is 1. The van der Waals surface area contributed by atoms with Crippen LogP contribution < -0.4 is 29.7 Å². The number of aliphatic carboxylic acids is 1. The van der Waals surface area contributed by atoms with E-state index in [9.17, 15) is 29.1 Å². The third-order valence-corrected chi connectivity index (χ3v) is 6.63. The zero-order valence-corrected chi connectivity index (χ0v) is 23.2. The van der Waals surface area contributed by atoms with Crippen molar-refractivity contribution in [3.8, 4) is 34.1 Å². The Balaban J connectivity index is 2.37. The summed E-state index contributed by atoms with van der Waals surface area (Å²) in [6.45, 7) is 2.30. The second-order valence-electron chi connectivity index (χ2n) is 9.09. The van der Waals surface area contributed by atoms with E-state index in [4.69, 9.17) is 18.9 Å². The Hall–Kier alpha value is -4.61. The minimum Gasteiger partial charge on any atom is -0.493 e. The molecule has 0 saturated heterocycles. The molecule has 2 atom stereocenters. The molecule has 0 unspecified atom stereocenters. The predicted octanol–water partition coefficient (Wildman–Crippen LogP) is 2.09. The number of nitrogens with one attached hydrogen (secondary N) is 1. The summed E-state index contributed by atoms with van der Waals surface area (Å²) < 4.78 is 22.1. The first-order chi connectivity index (χ1) is 19.0. The second kappa shape index (κ2) is 12.5. The van der Waals surface area contributed by atoms with E-state index in [1.165, 1.54) is 40.6 Å². The maximum absolute atomic E-state index is 13.7. The fourth-order valence-corrected chi connectivity index (χ4v) is 5.03. The van der Waals surface area contributed by atoms with Crippen molar-refractivity contribution in [1.82, 2.24) is 10.2 Å². The van der Waals surface area contributed by atoms with Crippen molar-refractivity contribution >= 4 is 23.7 Å². The average Bonchev–Trinajstić information content (AvgIpc) is 3.14. The van der Waals surface area contributed by atoms with Crippen LogP contribution in [-0.2, 0) is 25.6 Å². The van der Waals surface area contributed by atoms with Crippen molar-refractivity contribution in [2.45, 2.75) is 45.2 Å². The SMILES string of the molecule is COc1cc2c(c(OC)c1OC)-c1ccc(OC)c(=O)cc1[C@@H](N(C(C)=O)C(=O)[C@H](CC(=O)O)NC(C)=O)CC2. The van der Waals surface area contributed by atoms with Crippen LogP contribution in [0.1, 0.15) is 43.9 Å². The lowest BCUT2D eigenvalue weighted by Gasteiger charge is -2.32. The van der Waals surface area contributed by atoms with E-state index in [0.29, 0.717) is 40.4 Å². The number of hydrogen-bond acceptors (Lipinski definition) is 9. The van der Waals surface area contributed by atoms with Crippen molar-refractivity contribution in [3.63, 3.8) is 0 Å². The Labute approximate surface area is 230 Å². The largest absolute Gasteiger partial charge is 0.493 e. The van der Waals surface area contributed by atoms with E-state index >= 15 is 0 Å². The normalized spacial score (nSPS) is 14.4. The van der Waals surface area contributed by atoms with Gasteiger partial charge in [-0.3, -0.25) is 28.9 Å². The second-order valence-corrected chi connectivity index (χ2v) is 9.09. The van der Waals surface area contributed by atoms with Gasteiger partial charge >= 0.3 is 5.97 Å². The smallest absolute Gasteiger partial charge is 0.305 e. The number of carboxylic acids is 1. The molecule has 0 heterocycles. The van der Waals surface area contributed by atoms with E-state index < -0.39 is 47.6 Å². The van der Waals surface area contributed by atoms with Gasteiger partial charge in [0, 0.05) is 19.4 Å². The topological polar surface area (TPSA) is 158 Å². The summed E-state index contributed by atoms with van der Waals surface area (Å²) in [7, 11) is 5.73. The van der Waals surface area contributed by atoms with Gasteiger partial charge in [0.2, 0.25) is 23.0 Å². The van der Waals surface area contributed by atoms with Crippen molar-refractivity contribution < 1.29 is 43.2 Å². The van der Waals surface area contributed by atoms with Crippen molar-refractivity contribution in [2.24, 2.45) is 0 Å². The molecule has 0 fully saturated rings. The van der Waals surface area contributed by atoms with Crippen LogP contribution in [0.15, 0.2) is 29.1 Å². The standard InChI is InChI=1S/C28H32N2O10/c1-14(31)29-19(13-24(34)35)28(36)30(15(2)32)20-9-7-16-11-23(38-4)26(39-5)27(40-6)25(16)17-8-10-22(37-3)21(33)12-18(17)20/h8,10-12,19-20H,7,9,13H2,1-6H3,(H,29,31)(H,34,35)/t19-,20-/m0/s1. The third kappa shape index (κ3) is 5.85. The summed E-state index contributed by atoms with van der Waals surface area (Å²) in [5.41, 5.74) is 1.56. The number of aryl methyl sites for hydroxylation is 1. The number of carbonyl (C=O) groups is 4. The molecule has 0 bridgehead atoms. The van der Waals surface area contributed by atoms with Gasteiger partial charge in [-0.2, -0.15) is 0 Å². The van der Waals surface area contributed by atoms with Crippen molar-refractivity contribution in [2.75, 3.05) is 28.4 Å². The first kappa shape index (κ1) is 29.9. The van der Waals surface area contributed by atoms with Gasteiger partial charge in [0.05, 0.1) is 40.9 Å². The number of ether oxygens (including phenoxy) is 4. The van der Waals surface area contributed by atoms with Gasteiger partial charge in [0.25, 0.3) is 5.91 Å². The monoisotopic (exact) mass is 556 g/mol. The van der Waals surface area contributed by atoms with Gasteiger partial charge in [0.1, 0.15) is 6.04 Å². The van der Waals surface area contributed by atoms with E-state index in [-0.39, 0.29) is 12.2 Å². The Morgan fingerprint density at radius 3 is 2.15 bits per heavy atom. The van der Waals surface area contributed by atoms with Crippen LogP contribution in [0.2, 0.25) is 0 Å². The number of methoxy groups -OCH3 is 4. The molecule has 1 aliphatic carbocycles. The number of fused-ring (bicyclic) bond motifs is 3. The number of amides is 3. The van der Waals surface area contributed by atoms with E-state index in [1.54, 1.807) is 12.1 Å². The molecule has 2 aromatic rings. The van der Waals surface area contributed by atoms with Crippen LogP contribution >= 0.6 is 0 Å². The van der Waals surface area contributed by atoms with Gasteiger partial charge in [-0.25, -0.2) is 0 Å². The number of nitrogens with zero attached hydrogens (tertiary/aromatic N) is 1. The van der Waals surface area contributed by atoms with Gasteiger partial charge < -0.3 is 29.4 Å². The molecule has 0 radical (unpaired) electrons. The lowest BCUT2D eigenvalue weighted by molar-refractivity contribution is -0.152. The molecular weight excluding hydrogens is 524 g/mol. The third-order valence-electron chi connectivity index (χ3n) is 6.63. The van der Waals surface area contributed by atoms with Crippen LogP contribution in [-0.4, -0.2) is 68.2 Å². The minimum absolute atomic E-state index is 0.0236. The zero-order valence-electron chi connectivity index (χ0n) is 23.2. The molecule has 0 aromatic heterocycles. The lowest BCUT2D eigenvalue weighted by Crippen LogP contribution is -2.51. The van der Waals surface area contributed by atoms with Gasteiger partial charge in [-0.05, 0) is 47.7 Å². The van der Waals surface area contributed by atoms with Gasteiger partial charge in [-0.15, -0.1) is 0 Å². The summed E-state index contributed by atoms with van der Waals surface area (Å²) in [5, 5.41) is 11.7. The fourth-order valence-electron chi connectivity index (χ4n) is 5.03. The first-order valence-electron chi connectivity index (χ1n) is 12.4. The molecule has 2 N–H and O–H groups in total. The Bertz CT molecular complexity index is 1390. The quantitative estimate of drug-likeness (QED) is 0.469. The summed E-state index contributed by atoms with van der Waals surface area (Å²) in [6, 6.07) is 3.64. The molecule has 3 rings (SSSR count). The Morgan fingerprint density at radius 1 is 0.975 bits per heavy atom. The highest BCUT2D eigenvalue weighted by atomic mass is 16.5. The molecule has 12 nitrogen and oxygen atoms in total. The molecule has 0 aliphatic heterocycles. The van der Waals surface area contributed by atoms with Gasteiger partial charge in [-0.1, -0.05) is 6.07 Å². The maximum atomic E-state index is 13.7. The Kier molecular flexibility index (Phi) is 9.35. The number of carboxylic acid groups (broad SMARTS) is 1. The molecule has 12 heteroatoms. The summed E-state index contributed by atoms with van der Waals surface area (Å²) in [6.07, 6.45) is -0.274. The van der Waals surface area contributed by atoms with Gasteiger partial charge in [0.15, 0.2) is 17.2 Å².